The number of Topliss-reactive ketones (excluding diaryl/α,β-unsaturated/α-hetero) is 1. The minimum absolute atomic E-state index is 0.0408. The van der Waals surface area contributed by atoms with E-state index in [0.29, 0.717) is 17.7 Å². The number of carbonyl (C=O) groups excluding carboxylic acids is 1. The molecular weight excluding hydrogens is 432 g/mol. The topological polar surface area (TPSA) is 47.8 Å². The molecule has 6 heteroatoms. The molecule has 0 bridgehead atoms. The molecule has 2 heterocycles. The van der Waals surface area contributed by atoms with Gasteiger partial charge in [-0.1, -0.05) is 44.5 Å². The molecule has 0 saturated heterocycles. The molecule has 4 aromatic rings. The highest BCUT2D eigenvalue weighted by atomic mass is 19.1. The van der Waals surface area contributed by atoms with E-state index in [1.54, 1.807) is 17.9 Å². The smallest absolute Gasteiger partial charge is 0.185 e. The minimum Gasteiger partial charge on any atom is -0.292 e. The van der Waals surface area contributed by atoms with Gasteiger partial charge in [-0.3, -0.25) is 14.5 Å². The van der Waals surface area contributed by atoms with Crippen LogP contribution in [0.5, 0.6) is 0 Å². The maximum absolute atomic E-state index is 14.0. The number of hydrogen-bond acceptors (Lipinski definition) is 3. The van der Waals surface area contributed by atoms with Crippen molar-refractivity contribution in [2.75, 3.05) is 0 Å². The van der Waals surface area contributed by atoms with Gasteiger partial charge >= 0.3 is 0 Å². The van der Waals surface area contributed by atoms with Crippen LogP contribution in [-0.2, 0) is 13.5 Å². The van der Waals surface area contributed by atoms with E-state index in [1.165, 1.54) is 12.1 Å². The Kier molecular flexibility index (Phi) is 5.76. The Hall–Kier alpha value is -3.41. The van der Waals surface area contributed by atoms with Gasteiger partial charge in [-0.25, -0.2) is 8.78 Å². The van der Waals surface area contributed by atoms with Crippen LogP contribution in [0.3, 0.4) is 0 Å². The SMILES string of the molecule is CCC1c2nn(C)c(-c3cc(F)cc(F)c3)c2C[C@@H](CC)[C@H]1C(=O)c1cc2ccccc2cn1. The highest BCUT2D eigenvalue weighted by Crippen LogP contribution is 2.46. The lowest BCUT2D eigenvalue weighted by molar-refractivity contribution is 0.0813. The summed E-state index contributed by atoms with van der Waals surface area (Å²) in [5.41, 5.74) is 3.52. The molecule has 0 amide bonds. The molecule has 5 rings (SSSR count). The fourth-order valence-corrected chi connectivity index (χ4v) is 5.66. The highest BCUT2D eigenvalue weighted by molar-refractivity contribution is 6.00. The number of pyridine rings is 1. The second-order valence-corrected chi connectivity index (χ2v) is 9.19. The summed E-state index contributed by atoms with van der Waals surface area (Å²) in [5, 5.41) is 6.78. The normalized spacial score (nSPS) is 19.9. The van der Waals surface area contributed by atoms with Crippen molar-refractivity contribution in [2.45, 2.75) is 39.0 Å². The first-order valence-electron chi connectivity index (χ1n) is 11.8. The van der Waals surface area contributed by atoms with Crippen LogP contribution in [0.15, 0.2) is 54.7 Å². The molecule has 0 N–H and O–H groups in total. The maximum Gasteiger partial charge on any atom is 0.185 e. The number of ketones is 1. The van der Waals surface area contributed by atoms with E-state index in [2.05, 4.69) is 18.8 Å². The summed E-state index contributed by atoms with van der Waals surface area (Å²) < 4.78 is 29.7. The van der Waals surface area contributed by atoms with Crippen molar-refractivity contribution >= 4 is 16.6 Å². The Morgan fingerprint density at radius 2 is 1.74 bits per heavy atom. The summed E-state index contributed by atoms with van der Waals surface area (Å²) in [5.74, 6) is -1.44. The Bertz CT molecular complexity index is 1370. The number of benzene rings is 2. The first kappa shape index (κ1) is 22.4. The van der Waals surface area contributed by atoms with E-state index >= 15 is 0 Å². The third-order valence-electron chi connectivity index (χ3n) is 7.22. The van der Waals surface area contributed by atoms with Gasteiger partial charge in [0.05, 0.1) is 11.4 Å². The van der Waals surface area contributed by atoms with Crippen molar-refractivity contribution in [3.63, 3.8) is 0 Å². The first-order valence-corrected chi connectivity index (χ1v) is 11.8. The number of rotatable bonds is 5. The Morgan fingerprint density at radius 3 is 2.41 bits per heavy atom. The zero-order valence-corrected chi connectivity index (χ0v) is 19.6. The Balaban J connectivity index is 1.60. The summed E-state index contributed by atoms with van der Waals surface area (Å²) in [6, 6.07) is 13.3. The number of hydrogen-bond donors (Lipinski definition) is 0. The standard InChI is InChI=1S/C28H27F2N3O/c1-4-16-12-23-26(32-33(3)27(23)19-10-20(29)14-21(30)11-19)22(5-2)25(16)28(34)24-13-17-8-6-7-9-18(17)15-31-24/h6-11,13-16,22,25H,4-5,12H2,1-3H3/t16-,22?,25-/m1/s1. The summed E-state index contributed by atoms with van der Waals surface area (Å²) in [6.45, 7) is 4.16. The van der Waals surface area contributed by atoms with E-state index in [9.17, 15) is 13.6 Å². The monoisotopic (exact) mass is 459 g/mol. The summed E-state index contributed by atoms with van der Waals surface area (Å²) in [4.78, 5) is 18.4. The molecule has 174 valence electrons. The van der Waals surface area contributed by atoms with Crippen LogP contribution in [0.25, 0.3) is 22.0 Å². The van der Waals surface area contributed by atoms with Crippen LogP contribution in [0.1, 0.15) is 54.4 Å². The van der Waals surface area contributed by atoms with Crippen LogP contribution in [-0.4, -0.2) is 20.5 Å². The summed E-state index contributed by atoms with van der Waals surface area (Å²) in [7, 11) is 1.80. The van der Waals surface area contributed by atoms with E-state index < -0.39 is 11.6 Å². The third-order valence-corrected chi connectivity index (χ3v) is 7.22. The van der Waals surface area contributed by atoms with Crippen LogP contribution in [0, 0.1) is 23.5 Å². The lowest BCUT2D eigenvalue weighted by Crippen LogP contribution is -2.35. The molecule has 4 nitrogen and oxygen atoms in total. The van der Waals surface area contributed by atoms with Crippen molar-refractivity contribution in [3.8, 4) is 11.3 Å². The predicted molar refractivity (Wildman–Crippen MR) is 129 cm³/mol. The molecule has 1 unspecified atom stereocenters. The van der Waals surface area contributed by atoms with E-state index in [0.717, 1.165) is 46.6 Å². The average molecular weight is 460 g/mol. The predicted octanol–water partition coefficient (Wildman–Crippen LogP) is 6.49. The van der Waals surface area contributed by atoms with Gasteiger partial charge in [0.2, 0.25) is 0 Å². The van der Waals surface area contributed by atoms with E-state index in [1.807, 2.05) is 30.3 Å². The molecule has 1 aliphatic rings. The van der Waals surface area contributed by atoms with Crippen LogP contribution < -0.4 is 0 Å². The van der Waals surface area contributed by atoms with Crippen LogP contribution in [0.2, 0.25) is 0 Å². The van der Waals surface area contributed by atoms with Gasteiger partial charge in [0.15, 0.2) is 5.78 Å². The van der Waals surface area contributed by atoms with Crippen molar-refractivity contribution in [1.82, 2.24) is 14.8 Å². The molecule has 0 fully saturated rings. The van der Waals surface area contributed by atoms with Crippen molar-refractivity contribution < 1.29 is 13.6 Å². The minimum atomic E-state index is -0.615. The Labute approximate surface area is 197 Å². The van der Waals surface area contributed by atoms with Crippen molar-refractivity contribution in [1.29, 1.82) is 0 Å². The first-order chi connectivity index (χ1) is 16.4. The lowest BCUT2D eigenvalue weighted by atomic mass is 9.66. The van der Waals surface area contributed by atoms with Crippen LogP contribution in [0.4, 0.5) is 8.78 Å². The second-order valence-electron chi connectivity index (χ2n) is 9.19. The fourth-order valence-electron chi connectivity index (χ4n) is 5.66. The maximum atomic E-state index is 14.0. The zero-order chi connectivity index (χ0) is 24.0. The number of aryl methyl sites for hydroxylation is 1. The van der Waals surface area contributed by atoms with Crippen molar-refractivity contribution in [3.05, 3.63) is 83.3 Å². The summed E-state index contributed by atoms with van der Waals surface area (Å²) >= 11 is 0. The van der Waals surface area contributed by atoms with Gasteiger partial charge < -0.3 is 0 Å². The summed E-state index contributed by atoms with van der Waals surface area (Å²) in [6.07, 6.45) is 3.94. The average Bonchev–Trinajstić information content (AvgIpc) is 3.16. The molecule has 34 heavy (non-hydrogen) atoms. The molecule has 0 spiro atoms. The largest absolute Gasteiger partial charge is 0.292 e. The third kappa shape index (κ3) is 3.71. The van der Waals surface area contributed by atoms with Gasteiger partial charge in [0, 0.05) is 47.7 Å². The molecule has 1 aliphatic carbocycles. The van der Waals surface area contributed by atoms with Gasteiger partial charge in [-0.2, -0.15) is 5.10 Å². The van der Waals surface area contributed by atoms with Gasteiger partial charge in [0.1, 0.15) is 17.3 Å². The molecule has 3 atom stereocenters. The molecule has 2 aromatic heterocycles. The zero-order valence-electron chi connectivity index (χ0n) is 19.6. The number of carbonyl (C=O) groups is 1. The molecule has 0 aliphatic heterocycles. The molecule has 0 radical (unpaired) electrons. The number of nitrogens with zero attached hydrogens (tertiary/aromatic N) is 3. The molecule has 0 saturated carbocycles. The Morgan fingerprint density at radius 1 is 1.03 bits per heavy atom. The van der Waals surface area contributed by atoms with E-state index in [-0.39, 0.29) is 23.5 Å². The molecular formula is C28H27F2N3O. The van der Waals surface area contributed by atoms with Gasteiger partial charge in [-0.05, 0) is 42.3 Å². The molecule has 2 aromatic carbocycles. The fraction of sp³-hybridized carbons (Fsp3) is 0.321. The quantitative estimate of drug-likeness (QED) is 0.321. The number of halogens is 2. The lowest BCUT2D eigenvalue weighted by Gasteiger charge is -2.36. The van der Waals surface area contributed by atoms with Gasteiger partial charge in [-0.15, -0.1) is 0 Å². The second kappa shape index (κ2) is 8.75. The van der Waals surface area contributed by atoms with Crippen molar-refractivity contribution in [2.24, 2.45) is 18.9 Å². The van der Waals surface area contributed by atoms with Crippen LogP contribution >= 0.6 is 0 Å². The number of aromatic nitrogens is 3. The van der Waals surface area contributed by atoms with E-state index in [4.69, 9.17) is 5.10 Å². The van der Waals surface area contributed by atoms with Gasteiger partial charge in [0.25, 0.3) is 0 Å². The highest BCUT2D eigenvalue weighted by Gasteiger charge is 2.43. The number of fused-ring (bicyclic) bond motifs is 2.